The highest BCUT2D eigenvalue weighted by molar-refractivity contribution is 5.76. The molecule has 40 heavy (non-hydrogen) atoms. The Morgan fingerprint density at radius 2 is 0.800 bits per heavy atom. The molecule has 1 aliphatic rings. The number of hydrogen-bond donors (Lipinski definition) is 4. The molecule has 208 valence electrons. The number of carbonyl (C=O) groups excluding carboxylic acids is 2. The smallest absolute Gasteiger partial charge is 0.142 e. The molecule has 0 radical (unpaired) electrons. The predicted octanol–water partition coefficient (Wildman–Crippen LogP) is 7.04. The third-order valence-corrected chi connectivity index (χ3v) is 9.07. The summed E-state index contributed by atoms with van der Waals surface area (Å²) < 4.78 is 0. The first kappa shape index (κ1) is 27.5. The maximum absolute atomic E-state index is 11.3. The number of H-pyrrole nitrogens is 4. The predicted molar refractivity (Wildman–Crippen MR) is 162 cm³/mol. The average molecular weight is 537 g/mol. The highest BCUT2D eigenvalue weighted by Crippen LogP contribution is 2.43. The highest BCUT2D eigenvalue weighted by atomic mass is 16.1. The molecule has 5 heterocycles. The molecule has 4 N–H and O–H groups in total. The summed E-state index contributed by atoms with van der Waals surface area (Å²) in [5.74, 6) is 0. The summed E-state index contributed by atoms with van der Waals surface area (Å²) in [5.41, 5.74) is 8.96. The molecule has 6 heteroatoms. The van der Waals surface area contributed by atoms with Crippen LogP contribution in [-0.4, -0.2) is 32.5 Å². The van der Waals surface area contributed by atoms with Crippen LogP contribution in [0.1, 0.15) is 112 Å². The van der Waals surface area contributed by atoms with Crippen molar-refractivity contribution in [3.8, 4) is 0 Å². The molecule has 1 aliphatic heterocycles. The first-order chi connectivity index (χ1) is 18.7. The van der Waals surface area contributed by atoms with E-state index in [9.17, 15) is 9.59 Å². The van der Waals surface area contributed by atoms with Gasteiger partial charge in [-0.1, -0.05) is 0 Å². The fourth-order valence-corrected chi connectivity index (χ4v) is 6.01. The standard InChI is InChI=1S/C34H40N4O2/c1-31(2)23-13-14-24(35-23)32(3,4)28-20-22(12-10-18-40)30(38-28)34(7,8)26-16-15-25(36-26)33(5,6)29-21(11-9-17-39)19-27(31)37-29/h9-20,35-38H,1-8H3/b11-9+,12-10+. The number of fused-ring (bicyclic) bond motifs is 8. The molecule has 0 spiro atoms. The monoisotopic (exact) mass is 536 g/mol. The molecule has 6 nitrogen and oxygen atoms in total. The van der Waals surface area contributed by atoms with E-state index in [1.165, 1.54) is 0 Å². The Morgan fingerprint density at radius 3 is 1.12 bits per heavy atom. The van der Waals surface area contributed by atoms with Gasteiger partial charge in [-0.15, -0.1) is 0 Å². The number of allylic oxidation sites excluding steroid dienone is 2. The van der Waals surface area contributed by atoms with Crippen LogP contribution in [0.5, 0.6) is 0 Å². The molecule has 0 aromatic carbocycles. The van der Waals surface area contributed by atoms with Crippen molar-refractivity contribution < 1.29 is 9.59 Å². The number of carbonyl (C=O) groups is 2. The summed E-state index contributed by atoms with van der Waals surface area (Å²) >= 11 is 0. The molecule has 0 amide bonds. The van der Waals surface area contributed by atoms with Gasteiger partial charge < -0.3 is 19.9 Å². The molecule has 5 rings (SSSR count). The number of aromatic nitrogens is 4. The Kier molecular flexibility index (Phi) is 6.36. The SMILES string of the molecule is CC1(C)c2ccc([nH]2)C(C)(C)c2cc(/C=C/C=O)c([nH]2)C(C)(C)c2ccc([nH]2)C(C)(C)c2[nH]c1cc2/C=C/C=O. The molecule has 4 aromatic rings. The molecule has 0 aliphatic carbocycles. The fourth-order valence-electron chi connectivity index (χ4n) is 6.01. The van der Waals surface area contributed by atoms with Crippen LogP contribution in [-0.2, 0) is 31.2 Å². The quantitative estimate of drug-likeness (QED) is 0.166. The van der Waals surface area contributed by atoms with Gasteiger partial charge in [-0.3, -0.25) is 9.59 Å². The molecule has 0 unspecified atom stereocenters. The molecular formula is C34H40N4O2. The molecule has 8 bridgehead atoms. The minimum Gasteiger partial charge on any atom is -0.361 e. The molecule has 0 fully saturated rings. The molecule has 0 saturated heterocycles. The van der Waals surface area contributed by atoms with E-state index < -0.39 is 10.8 Å². The van der Waals surface area contributed by atoms with E-state index >= 15 is 0 Å². The van der Waals surface area contributed by atoms with Crippen molar-refractivity contribution >= 4 is 24.7 Å². The number of rotatable bonds is 4. The fraction of sp³-hybridized carbons (Fsp3) is 0.353. The van der Waals surface area contributed by atoms with E-state index in [0.29, 0.717) is 0 Å². The van der Waals surface area contributed by atoms with Crippen molar-refractivity contribution in [2.75, 3.05) is 0 Å². The maximum Gasteiger partial charge on any atom is 0.142 e. The van der Waals surface area contributed by atoms with Crippen LogP contribution in [0.4, 0.5) is 0 Å². The second-order valence-electron chi connectivity index (χ2n) is 13.1. The van der Waals surface area contributed by atoms with Crippen LogP contribution >= 0.6 is 0 Å². The lowest BCUT2D eigenvalue weighted by Gasteiger charge is -2.28. The average Bonchev–Trinajstić information content (AvgIpc) is 3.70. The third-order valence-electron chi connectivity index (χ3n) is 9.07. The topological polar surface area (TPSA) is 97.3 Å². The Hall–Kier alpha value is -4.06. The van der Waals surface area contributed by atoms with Crippen LogP contribution in [0.25, 0.3) is 12.2 Å². The third kappa shape index (κ3) is 4.17. The zero-order valence-electron chi connectivity index (χ0n) is 24.7. The van der Waals surface area contributed by atoms with Crippen molar-refractivity contribution in [1.29, 1.82) is 0 Å². The second kappa shape index (κ2) is 9.26. The van der Waals surface area contributed by atoms with Crippen LogP contribution < -0.4 is 0 Å². The van der Waals surface area contributed by atoms with Gasteiger partial charge >= 0.3 is 0 Å². The van der Waals surface area contributed by atoms with Gasteiger partial charge in [-0.25, -0.2) is 0 Å². The molecule has 0 atom stereocenters. The zero-order valence-corrected chi connectivity index (χ0v) is 24.7. The summed E-state index contributed by atoms with van der Waals surface area (Å²) in [6.45, 7) is 17.6. The minimum absolute atomic E-state index is 0.356. The van der Waals surface area contributed by atoms with Gasteiger partial charge in [0.2, 0.25) is 0 Å². The van der Waals surface area contributed by atoms with Crippen LogP contribution in [0.15, 0.2) is 48.6 Å². The Balaban J connectivity index is 1.83. The van der Waals surface area contributed by atoms with E-state index in [1.807, 2.05) is 12.2 Å². The van der Waals surface area contributed by atoms with Gasteiger partial charge in [0.25, 0.3) is 0 Å². The van der Waals surface area contributed by atoms with E-state index in [4.69, 9.17) is 0 Å². The van der Waals surface area contributed by atoms with Gasteiger partial charge in [-0.05, 0) is 127 Å². The normalized spacial score (nSPS) is 18.8. The minimum atomic E-state index is -0.410. The molecular weight excluding hydrogens is 496 g/mol. The van der Waals surface area contributed by atoms with E-state index in [0.717, 1.165) is 69.3 Å². The van der Waals surface area contributed by atoms with E-state index in [2.05, 4.69) is 112 Å². The summed E-state index contributed by atoms with van der Waals surface area (Å²) in [4.78, 5) is 37.6. The summed E-state index contributed by atoms with van der Waals surface area (Å²) in [6.07, 6.45) is 8.52. The lowest BCUT2D eigenvalue weighted by Crippen LogP contribution is -2.26. The largest absolute Gasteiger partial charge is 0.361 e. The Morgan fingerprint density at radius 1 is 0.475 bits per heavy atom. The van der Waals surface area contributed by atoms with Crippen LogP contribution in [0.3, 0.4) is 0 Å². The first-order valence-electron chi connectivity index (χ1n) is 13.9. The van der Waals surface area contributed by atoms with Crippen molar-refractivity contribution in [2.24, 2.45) is 0 Å². The summed E-state index contributed by atoms with van der Waals surface area (Å²) in [7, 11) is 0. The van der Waals surface area contributed by atoms with Crippen molar-refractivity contribution in [2.45, 2.75) is 77.0 Å². The summed E-state index contributed by atoms with van der Waals surface area (Å²) in [5, 5.41) is 0. The van der Waals surface area contributed by atoms with Crippen molar-refractivity contribution in [3.63, 3.8) is 0 Å². The zero-order chi connectivity index (χ0) is 29.1. The van der Waals surface area contributed by atoms with Crippen molar-refractivity contribution in [3.05, 3.63) is 105 Å². The van der Waals surface area contributed by atoms with Gasteiger partial charge in [0.1, 0.15) is 12.6 Å². The Bertz CT molecular complexity index is 1520. The highest BCUT2D eigenvalue weighted by Gasteiger charge is 2.38. The first-order valence-corrected chi connectivity index (χ1v) is 13.9. The van der Waals surface area contributed by atoms with Gasteiger partial charge in [0, 0.05) is 67.2 Å². The van der Waals surface area contributed by atoms with Crippen LogP contribution in [0, 0.1) is 0 Å². The lowest BCUT2D eigenvalue weighted by atomic mass is 9.83. The number of hydrogen-bond acceptors (Lipinski definition) is 2. The van der Waals surface area contributed by atoms with Gasteiger partial charge in [-0.2, -0.15) is 0 Å². The van der Waals surface area contributed by atoms with Crippen LogP contribution in [0.2, 0.25) is 0 Å². The van der Waals surface area contributed by atoms with E-state index in [-0.39, 0.29) is 10.8 Å². The van der Waals surface area contributed by atoms with Gasteiger partial charge in [0.05, 0.1) is 0 Å². The maximum atomic E-state index is 11.3. The number of aldehydes is 2. The molecule has 4 aromatic heterocycles. The second-order valence-corrected chi connectivity index (χ2v) is 13.1. The van der Waals surface area contributed by atoms with Crippen molar-refractivity contribution in [1.82, 2.24) is 19.9 Å². The lowest BCUT2D eigenvalue weighted by molar-refractivity contribution is -0.104. The number of aromatic amines is 4. The molecule has 0 saturated carbocycles. The van der Waals surface area contributed by atoms with E-state index in [1.54, 1.807) is 12.2 Å². The Labute approximate surface area is 236 Å². The number of nitrogens with one attached hydrogen (secondary N) is 4. The summed E-state index contributed by atoms with van der Waals surface area (Å²) in [6, 6.07) is 13.0. The van der Waals surface area contributed by atoms with Gasteiger partial charge in [0.15, 0.2) is 0 Å².